The van der Waals surface area contributed by atoms with Gasteiger partial charge in [0.1, 0.15) is 12.0 Å². The van der Waals surface area contributed by atoms with Crippen molar-refractivity contribution in [2.24, 2.45) is 5.92 Å². The smallest absolute Gasteiger partial charge is 0.339 e. The summed E-state index contributed by atoms with van der Waals surface area (Å²) >= 11 is 5.85. The lowest BCUT2D eigenvalue weighted by Gasteiger charge is -2.21. The van der Waals surface area contributed by atoms with E-state index >= 15 is 0 Å². The standard InChI is InChI=1S/C24H17ClN2O5/c25-14-8-10-16(11-9-14)27-23(30)21(29)19(20(28)13-4-3-5-15(26)12-13)22-17-6-1-2-7-18(17)24(31)32-22/h1-12,19,22H,26H2,(H,27,30)/t19-,22+/m0/s1. The highest BCUT2D eigenvalue weighted by Crippen LogP contribution is 2.38. The van der Waals surface area contributed by atoms with Crippen molar-refractivity contribution in [1.82, 2.24) is 0 Å². The van der Waals surface area contributed by atoms with Crippen molar-refractivity contribution in [3.05, 3.63) is 94.5 Å². The van der Waals surface area contributed by atoms with Crippen molar-refractivity contribution in [2.45, 2.75) is 6.10 Å². The van der Waals surface area contributed by atoms with E-state index in [9.17, 15) is 19.2 Å². The fourth-order valence-electron chi connectivity index (χ4n) is 3.55. The molecular formula is C24H17ClN2O5. The summed E-state index contributed by atoms with van der Waals surface area (Å²) in [7, 11) is 0. The molecule has 3 aromatic carbocycles. The molecule has 4 rings (SSSR count). The lowest BCUT2D eigenvalue weighted by molar-refractivity contribution is -0.138. The molecule has 0 fully saturated rings. The second kappa shape index (κ2) is 8.64. The maximum absolute atomic E-state index is 13.4. The average molecular weight is 449 g/mol. The van der Waals surface area contributed by atoms with E-state index in [-0.39, 0.29) is 11.1 Å². The molecule has 32 heavy (non-hydrogen) atoms. The zero-order chi connectivity index (χ0) is 22.8. The van der Waals surface area contributed by atoms with Crippen LogP contribution in [0.1, 0.15) is 32.4 Å². The fraction of sp³-hybridized carbons (Fsp3) is 0.0833. The molecule has 3 N–H and O–H groups in total. The average Bonchev–Trinajstić information content (AvgIpc) is 3.11. The number of hydrogen-bond donors (Lipinski definition) is 2. The van der Waals surface area contributed by atoms with Crippen LogP contribution < -0.4 is 11.1 Å². The van der Waals surface area contributed by atoms with Crippen molar-refractivity contribution in [2.75, 3.05) is 11.1 Å². The van der Waals surface area contributed by atoms with Gasteiger partial charge in [-0.1, -0.05) is 41.9 Å². The number of ether oxygens (including phenoxy) is 1. The number of halogens is 1. The van der Waals surface area contributed by atoms with Crippen LogP contribution in [0.4, 0.5) is 11.4 Å². The lowest BCUT2D eigenvalue weighted by atomic mass is 9.84. The number of carbonyl (C=O) groups excluding carboxylic acids is 4. The summed E-state index contributed by atoms with van der Waals surface area (Å²) in [4.78, 5) is 51.7. The molecule has 0 radical (unpaired) electrons. The normalized spacial score (nSPS) is 15.4. The second-order valence-corrected chi connectivity index (χ2v) is 7.64. The summed E-state index contributed by atoms with van der Waals surface area (Å²) in [5, 5.41) is 2.92. The third kappa shape index (κ3) is 4.10. The number of anilines is 2. The van der Waals surface area contributed by atoms with Gasteiger partial charge in [-0.15, -0.1) is 0 Å². The van der Waals surface area contributed by atoms with E-state index in [1.54, 1.807) is 42.5 Å². The van der Waals surface area contributed by atoms with Crippen molar-refractivity contribution in [3.8, 4) is 0 Å². The molecule has 0 aromatic heterocycles. The first-order chi connectivity index (χ1) is 15.3. The number of nitrogens with one attached hydrogen (secondary N) is 1. The number of hydrogen-bond acceptors (Lipinski definition) is 6. The lowest BCUT2D eigenvalue weighted by Crippen LogP contribution is -2.38. The van der Waals surface area contributed by atoms with Gasteiger partial charge < -0.3 is 15.8 Å². The van der Waals surface area contributed by atoms with Crippen LogP contribution in [-0.4, -0.2) is 23.4 Å². The van der Waals surface area contributed by atoms with Crippen LogP contribution >= 0.6 is 11.6 Å². The van der Waals surface area contributed by atoms with E-state index in [4.69, 9.17) is 22.1 Å². The van der Waals surface area contributed by atoms with Crippen molar-refractivity contribution >= 4 is 46.4 Å². The predicted octanol–water partition coefficient (Wildman–Crippen LogP) is 3.84. The summed E-state index contributed by atoms with van der Waals surface area (Å²) in [6.07, 6.45) is -1.24. The Balaban J connectivity index is 1.71. The molecule has 0 aliphatic carbocycles. The minimum atomic E-state index is -1.59. The van der Waals surface area contributed by atoms with Gasteiger partial charge in [-0.3, -0.25) is 14.4 Å². The maximum atomic E-state index is 13.4. The molecule has 7 nitrogen and oxygen atoms in total. The maximum Gasteiger partial charge on any atom is 0.339 e. The van der Waals surface area contributed by atoms with Gasteiger partial charge in [-0.25, -0.2) is 4.79 Å². The number of amides is 1. The van der Waals surface area contributed by atoms with Crippen LogP contribution in [0.25, 0.3) is 0 Å². The topological polar surface area (TPSA) is 116 Å². The second-order valence-electron chi connectivity index (χ2n) is 7.21. The first kappa shape index (κ1) is 21.3. The SMILES string of the molecule is Nc1cccc(C(=O)[C@@H](C(=O)C(=O)Nc2ccc(Cl)cc2)[C@@H]2OC(=O)c3ccccc32)c1. The molecule has 0 spiro atoms. The minimum absolute atomic E-state index is 0.128. The number of ketones is 2. The summed E-state index contributed by atoms with van der Waals surface area (Å²) in [5.41, 5.74) is 7.17. The molecule has 0 bridgehead atoms. The van der Waals surface area contributed by atoms with Crippen LogP contribution in [0.2, 0.25) is 5.02 Å². The van der Waals surface area contributed by atoms with Gasteiger partial charge >= 0.3 is 5.97 Å². The Morgan fingerprint density at radius 2 is 1.69 bits per heavy atom. The van der Waals surface area contributed by atoms with Crippen LogP contribution in [0.5, 0.6) is 0 Å². The molecule has 1 heterocycles. The van der Waals surface area contributed by atoms with Crippen LogP contribution in [0.15, 0.2) is 72.8 Å². The van der Waals surface area contributed by atoms with E-state index in [0.29, 0.717) is 22.0 Å². The predicted molar refractivity (Wildman–Crippen MR) is 118 cm³/mol. The molecule has 2 atom stereocenters. The number of fused-ring (bicyclic) bond motifs is 1. The molecule has 0 saturated carbocycles. The molecule has 3 aromatic rings. The number of rotatable bonds is 6. The van der Waals surface area contributed by atoms with Crippen LogP contribution in [-0.2, 0) is 14.3 Å². The van der Waals surface area contributed by atoms with Gasteiger partial charge in [0.15, 0.2) is 5.78 Å². The van der Waals surface area contributed by atoms with Gasteiger partial charge in [-0.05, 0) is 42.5 Å². The van der Waals surface area contributed by atoms with Gasteiger partial charge in [0.2, 0.25) is 5.78 Å². The number of nitrogens with two attached hydrogens (primary N) is 1. The Kier molecular flexibility index (Phi) is 5.75. The van der Waals surface area contributed by atoms with Gasteiger partial charge in [-0.2, -0.15) is 0 Å². The highest BCUT2D eigenvalue weighted by molar-refractivity contribution is 6.45. The van der Waals surface area contributed by atoms with Crippen molar-refractivity contribution < 1.29 is 23.9 Å². The Morgan fingerprint density at radius 3 is 2.41 bits per heavy atom. The number of Topliss-reactive ketones (excluding diaryl/α,β-unsaturated/α-hetero) is 2. The third-order valence-corrected chi connectivity index (χ3v) is 5.34. The Hall–Kier alpha value is -3.97. The van der Waals surface area contributed by atoms with Crippen molar-refractivity contribution in [3.63, 3.8) is 0 Å². The number of carbonyl (C=O) groups is 4. The van der Waals surface area contributed by atoms with Gasteiger partial charge in [0, 0.05) is 27.5 Å². The van der Waals surface area contributed by atoms with E-state index in [1.807, 2.05) is 0 Å². The Morgan fingerprint density at radius 1 is 0.969 bits per heavy atom. The number of esters is 1. The summed E-state index contributed by atoms with van der Waals surface area (Å²) in [6.45, 7) is 0. The first-order valence-electron chi connectivity index (χ1n) is 9.65. The fourth-order valence-corrected chi connectivity index (χ4v) is 3.68. The number of benzene rings is 3. The summed E-state index contributed by atoms with van der Waals surface area (Å²) in [6, 6.07) is 18.6. The zero-order valence-corrected chi connectivity index (χ0v) is 17.3. The van der Waals surface area contributed by atoms with Gasteiger partial charge in [0.25, 0.3) is 5.91 Å². The Bertz CT molecular complexity index is 1240. The van der Waals surface area contributed by atoms with E-state index in [0.717, 1.165) is 0 Å². The van der Waals surface area contributed by atoms with E-state index in [2.05, 4.69) is 5.32 Å². The number of cyclic esters (lactones) is 1. The summed E-state index contributed by atoms with van der Waals surface area (Å²) in [5.74, 6) is -4.99. The Labute approximate surface area is 188 Å². The quantitative estimate of drug-likeness (QED) is 0.194. The van der Waals surface area contributed by atoms with Crippen LogP contribution in [0, 0.1) is 5.92 Å². The minimum Gasteiger partial charge on any atom is -0.453 e. The van der Waals surface area contributed by atoms with E-state index < -0.39 is 35.5 Å². The molecule has 0 saturated heterocycles. The van der Waals surface area contributed by atoms with Gasteiger partial charge in [0.05, 0.1) is 5.56 Å². The van der Waals surface area contributed by atoms with E-state index in [1.165, 1.54) is 30.3 Å². The summed E-state index contributed by atoms with van der Waals surface area (Å²) < 4.78 is 5.39. The molecule has 1 aliphatic heterocycles. The molecule has 1 aliphatic rings. The zero-order valence-electron chi connectivity index (χ0n) is 16.6. The monoisotopic (exact) mass is 448 g/mol. The van der Waals surface area contributed by atoms with Crippen molar-refractivity contribution in [1.29, 1.82) is 0 Å². The number of nitrogen functional groups attached to an aromatic ring is 1. The molecule has 8 heteroatoms. The highest BCUT2D eigenvalue weighted by atomic mass is 35.5. The largest absolute Gasteiger partial charge is 0.453 e. The third-order valence-electron chi connectivity index (χ3n) is 5.09. The first-order valence-corrected chi connectivity index (χ1v) is 10.0. The molecule has 160 valence electrons. The molecule has 1 amide bonds. The molecule has 0 unspecified atom stereocenters. The highest BCUT2D eigenvalue weighted by Gasteiger charge is 2.46. The van der Waals surface area contributed by atoms with Crippen LogP contribution in [0.3, 0.4) is 0 Å². The molecular weight excluding hydrogens is 432 g/mol.